The summed E-state index contributed by atoms with van der Waals surface area (Å²) in [5, 5.41) is 8.59. The molecule has 0 unspecified atom stereocenters. The summed E-state index contributed by atoms with van der Waals surface area (Å²) in [6.07, 6.45) is 3.93. The lowest BCUT2D eigenvalue weighted by molar-refractivity contribution is 0.0442. The average molecular weight is 215 g/mol. The number of aliphatic hydroxyl groups excluding tert-OH is 1. The van der Waals surface area contributed by atoms with Gasteiger partial charge in [0.15, 0.2) is 0 Å². The number of piperidine rings is 1. The van der Waals surface area contributed by atoms with Crippen LogP contribution in [0, 0.1) is 5.41 Å². The van der Waals surface area contributed by atoms with Crippen LogP contribution in [0.25, 0.3) is 0 Å². The Morgan fingerprint density at radius 1 is 1.40 bits per heavy atom. The SMILES string of the molecule is CC[C@]1(C)CCCN(CCOCCO)C1. The van der Waals surface area contributed by atoms with Gasteiger partial charge in [-0.2, -0.15) is 0 Å². The zero-order valence-electron chi connectivity index (χ0n) is 10.2. The van der Waals surface area contributed by atoms with E-state index in [1.165, 1.54) is 32.4 Å². The van der Waals surface area contributed by atoms with E-state index in [1.54, 1.807) is 0 Å². The van der Waals surface area contributed by atoms with Gasteiger partial charge < -0.3 is 14.7 Å². The third-order valence-electron chi connectivity index (χ3n) is 3.50. The Morgan fingerprint density at radius 2 is 2.20 bits per heavy atom. The Labute approximate surface area is 93.4 Å². The molecule has 1 rings (SSSR count). The summed E-state index contributed by atoms with van der Waals surface area (Å²) in [7, 11) is 0. The quantitative estimate of drug-likeness (QED) is 0.682. The highest BCUT2D eigenvalue weighted by atomic mass is 16.5. The summed E-state index contributed by atoms with van der Waals surface area (Å²) in [5.41, 5.74) is 0.509. The van der Waals surface area contributed by atoms with Crippen molar-refractivity contribution in [2.45, 2.75) is 33.1 Å². The van der Waals surface area contributed by atoms with Crippen LogP contribution in [-0.2, 0) is 4.74 Å². The van der Waals surface area contributed by atoms with Crippen LogP contribution in [0.15, 0.2) is 0 Å². The molecule has 0 aliphatic carbocycles. The first kappa shape index (κ1) is 12.9. The van der Waals surface area contributed by atoms with Crippen LogP contribution in [0.4, 0.5) is 0 Å². The number of nitrogens with zero attached hydrogens (tertiary/aromatic N) is 1. The van der Waals surface area contributed by atoms with Crippen LogP contribution in [0.3, 0.4) is 0 Å². The number of hydrogen-bond donors (Lipinski definition) is 1. The zero-order chi connectivity index (χ0) is 11.1. The second kappa shape index (κ2) is 6.46. The van der Waals surface area contributed by atoms with Crippen molar-refractivity contribution in [3.8, 4) is 0 Å². The average Bonchev–Trinajstić information content (AvgIpc) is 2.25. The predicted molar refractivity (Wildman–Crippen MR) is 62.0 cm³/mol. The molecule has 0 aromatic carbocycles. The molecule has 1 aliphatic heterocycles. The van der Waals surface area contributed by atoms with Crippen molar-refractivity contribution in [1.82, 2.24) is 4.90 Å². The molecule has 1 heterocycles. The molecular weight excluding hydrogens is 190 g/mol. The van der Waals surface area contributed by atoms with E-state index in [4.69, 9.17) is 9.84 Å². The highest BCUT2D eigenvalue weighted by Crippen LogP contribution is 2.32. The van der Waals surface area contributed by atoms with E-state index in [0.717, 1.165) is 13.2 Å². The van der Waals surface area contributed by atoms with E-state index < -0.39 is 0 Å². The minimum absolute atomic E-state index is 0.132. The molecule has 0 radical (unpaired) electrons. The van der Waals surface area contributed by atoms with Gasteiger partial charge in [0.05, 0.1) is 19.8 Å². The topological polar surface area (TPSA) is 32.7 Å². The monoisotopic (exact) mass is 215 g/mol. The van der Waals surface area contributed by atoms with Crippen LogP contribution in [0.2, 0.25) is 0 Å². The summed E-state index contributed by atoms with van der Waals surface area (Å²) in [6.45, 7) is 9.44. The van der Waals surface area contributed by atoms with Crippen molar-refractivity contribution in [1.29, 1.82) is 0 Å². The molecule has 0 saturated carbocycles. The Bertz CT molecular complexity index is 175. The first-order valence-electron chi connectivity index (χ1n) is 6.11. The van der Waals surface area contributed by atoms with E-state index >= 15 is 0 Å². The fourth-order valence-corrected chi connectivity index (χ4v) is 2.27. The lowest BCUT2D eigenvalue weighted by Crippen LogP contribution is -2.42. The van der Waals surface area contributed by atoms with Crippen LogP contribution in [0.1, 0.15) is 33.1 Å². The van der Waals surface area contributed by atoms with Gasteiger partial charge in [0, 0.05) is 13.1 Å². The smallest absolute Gasteiger partial charge is 0.0698 e. The standard InChI is InChI=1S/C12H25NO2/c1-3-12(2)5-4-6-13(11-12)7-9-15-10-8-14/h14H,3-11H2,1-2H3/t12-/m1/s1. The molecule has 3 heteroatoms. The first-order valence-corrected chi connectivity index (χ1v) is 6.11. The van der Waals surface area contributed by atoms with E-state index in [1.807, 2.05) is 0 Å². The van der Waals surface area contributed by atoms with Gasteiger partial charge in [-0.15, -0.1) is 0 Å². The number of likely N-dealkylation sites (tertiary alicyclic amines) is 1. The van der Waals surface area contributed by atoms with Crippen molar-refractivity contribution in [3.63, 3.8) is 0 Å². The number of rotatable bonds is 6. The maximum absolute atomic E-state index is 8.59. The maximum Gasteiger partial charge on any atom is 0.0698 e. The summed E-state index contributed by atoms with van der Waals surface area (Å²) in [5.74, 6) is 0. The van der Waals surface area contributed by atoms with Crippen molar-refractivity contribution in [2.75, 3.05) is 39.5 Å². The molecule has 1 aliphatic rings. The molecule has 0 aromatic rings. The molecule has 15 heavy (non-hydrogen) atoms. The highest BCUT2D eigenvalue weighted by molar-refractivity contribution is 4.82. The lowest BCUT2D eigenvalue weighted by atomic mass is 9.80. The van der Waals surface area contributed by atoms with Crippen LogP contribution < -0.4 is 0 Å². The summed E-state index contributed by atoms with van der Waals surface area (Å²) in [6, 6.07) is 0. The van der Waals surface area contributed by atoms with Gasteiger partial charge in [0.1, 0.15) is 0 Å². The number of hydrogen-bond acceptors (Lipinski definition) is 3. The number of aliphatic hydroxyl groups is 1. The molecule has 3 nitrogen and oxygen atoms in total. The Kier molecular flexibility index (Phi) is 5.58. The maximum atomic E-state index is 8.59. The predicted octanol–water partition coefficient (Wildman–Crippen LogP) is 1.51. The van der Waals surface area contributed by atoms with Crippen molar-refractivity contribution in [2.24, 2.45) is 5.41 Å². The van der Waals surface area contributed by atoms with Gasteiger partial charge >= 0.3 is 0 Å². The molecule has 90 valence electrons. The van der Waals surface area contributed by atoms with Crippen molar-refractivity contribution >= 4 is 0 Å². The first-order chi connectivity index (χ1) is 7.20. The molecule has 1 atom stereocenters. The van der Waals surface area contributed by atoms with Gasteiger partial charge in [0.2, 0.25) is 0 Å². The van der Waals surface area contributed by atoms with Gasteiger partial charge in [-0.3, -0.25) is 0 Å². The zero-order valence-corrected chi connectivity index (χ0v) is 10.2. The van der Waals surface area contributed by atoms with E-state index in [9.17, 15) is 0 Å². The second-order valence-electron chi connectivity index (χ2n) is 4.88. The third kappa shape index (κ3) is 4.49. The Hall–Kier alpha value is -0.120. The molecule has 1 saturated heterocycles. The fraction of sp³-hybridized carbons (Fsp3) is 1.00. The molecule has 0 bridgehead atoms. The van der Waals surface area contributed by atoms with E-state index in [0.29, 0.717) is 12.0 Å². The number of ether oxygens (including phenoxy) is 1. The van der Waals surface area contributed by atoms with E-state index in [2.05, 4.69) is 18.7 Å². The van der Waals surface area contributed by atoms with Crippen LogP contribution in [0.5, 0.6) is 0 Å². The molecular formula is C12H25NO2. The summed E-state index contributed by atoms with van der Waals surface area (Å²) >= 11 is 0. The summed E-state index contributed by atoms with van der Waals surface area (Å²) in [4.78, 5) is 2.49. The summed E-state index contributed by atoms with van der Waals surface area (Å²) < 4.78 is 5.30. The Balaban J connectivity index is 2.18. The molecule has 0 amide bonds. The fourth-order valence-electron chi connectivity index (χ4n) is 2.27. The van der Waals surface area contributed by atoms with Gasteiger partial charge in [0.25, 0.3) is 0 Å². The van der Waals surface area contributed by atoms with Crippen molar-refractivity contribution in [3.05, 3.63) is 0 Å². The van der Waals surface area contributed by atoms with Crippen LogP contribution >= 0.6 is 0 Å². The lowest BCUT2D eigenvalue weighted by Gasteiger charge is -2.40. The van der Waals surface area contributed by atoms with E-state index in [-0.39, 0.29) is 6.61 Å². The third-order valence-corrected chi connectivity index (χ3v) is 3.50. The van der Waals surface area contributed by atoms with Gasteiger partial charge in [-0.25, -0.2) is 0 Å². The van der Waals surface area contributed by atoms with Crippen LogP contribution in [-0.4, -0.2) is 49.5 Å². The largest absolute Gasteiger partial charge is 0.394 e. The highest BCUT2D eigenvalue weighted by Gasteiger charge is 2.28. The molecule has 0 aromatic heterocycles. The molecule has 0 spiro atoms. The Morgan fingerprint density at radius 3 is 2.87 bits per heavy atom. The van der Waals surface area contributed by atoms with Gasteiger partial charge in [-0.1, -0.05) is 13.8 Å². The van der Waals surface area contributed by atoms with Crippen molar-refractivity contribution < 1.29 is 9.84 Å². The van der Waals surface area contributed by atoms with Gasteiger partial charge in [-0.05, 0) is 31.2 Å². The molecule has 1 N–H and O–H groups in total. The minimum Gasteiger partial charge on any atom is -0.394 e. The molecule has 1 fully saturated rings. The second-order valence-corrected chi connectivity index (χ2v) is 4.88. The minimum atomic E-state index is 0.132. The normalized spacial score (nSPS) is 28.2.